The van der Waals surface area contributed by atoms with Gasteiger partial charge < -0.3 is 14.2 Å². The van der Waals surface area contributed by atoms with E-state index >= 15 is 0 Å². The van der Waals surface area contributed by atoms with Crippen LogP contribution >= 0.6 is 11.6 Å². The normalized spacial score (nSPS) is 10.7. The number of hydrogen-bond acceptors (Lipinski definition) is 4. The average Bonchev–Trinajstić information content (AvgIpc) is 2.76. The second-order valence-electron chi connectivity index (χ2n) is 6.22. The highest BCUT2D eigenvalue weighted by atomic mass is 35.5. The molecular formula is C24H21ClO4. The first-order chi connectivity index (χ1) is 14.1. The molecule has 0 saturated carbocycles. The van der Waals surface area contributed by atoms with Crippen LogP contribution in [-0.4, -0.2) is 20.0 Å². The first-order valence-electron chi connectivity index (χ1n) is 9.01. The van der Waals surface area contributed by atoms with E-state index in [4.69, 9.17) is 25.8 Å². The van der Waals surface area contributed by atoms with Gasteiger partial charge in [0.05, 0.1) is 19.8 Å². The van der Waals surface area contributed by atoms with Gasteiger partial charge in [-0.25, -0.2) is 0 Å². The summed E-state index contributed by atoms with van der Waals surface area (Å²) in [7, 11) is 3.16. The zero-order chi connectivity index (χ0) is 20.6. The summed E-state index contributed by atoms with van der Waals surface area (Å²) in [6.45, 7) is 0.311. The molecule has 0 aromatic heterocycles. The Kier molecular flexibility index (Phi) is 6.93. The molecule has 148 valence electrons. The van der Waals surface area contributed by atoms with E-state index < -0.39 is 0 Å². The lowest BCUT2D eigenvalue weighted by Crippen LogP contribution is -2.00. The number of methoxy groups -OCH3 is 2. The van der Waals surface area contributed by atoms with Crippen LogP contribution < -0.4 is 14.2 Å². The van der Waals surface area contributed by atoms with Gasteiger partial charge in [-0.05, 0) is 54.1 Å². The molecule has 3 aromatic carbocycles. The molecular weight excluding hydrogens is 388 g/mol. The molecule has 0 bridgehead atoms. The van der Waals surface area contributed by atoms with E-state index in [0.29, 0.717) is 34.4 Å². The number of halogens is 1. The molecule has 0 unspecified atom stereocenters. The zero-order valence-electron chi connectivity index (χ0n) is 16.2. The molecule has 3 aromatic rings. The lowest BCUT2D eigenvalue weighted by atomic mass is 10.1. The van der Waals surface area contributed by atoms with Crippen molar-refractivity contribution >= 4 is 23.5 Å². The van der Waals surface area contributed by atoms with Crippen molar-refractivity contribution in [2.45, 2.75) is 6.61 Å². The average molecular weight is 409 g/mol. The van der Waals surface area contributed by atoms with Crippen molar-refractivity contribution in [1.82, 2.24) is 0 Å². The minimum Gasteiger partial charge on any atom is -0.496 e. The van der Waals surface area contributed by atoms with Crippen LogP contribution in [0.1, 0.15) is 21.5 Å². The van der Waals surface area contributed by atoms with Crippen LogP contribution in [0.4, 0.5) is 0 Å². The quantitative estimate of drug-likeness (QED) is 0.347. The van der Waals surface area contributed by atoms with Gasteiger partial charge in [0.15, 0.2) is 5.78 Å². The number of hydrogen-bond donors (Lipinski definition) is 0. The van der Waals surface area contributed by atoms with Crippen LogP contribution in [0.25, 0.3) is 6.08 Å². The fraction of sp³-hybridized carbons (Fsp3) is 0.125. The maximum absolute atomic E-state index is 12.5. The Balaban J connectivity index is 1.77. The summed E-state index contributed by atoms with van der Waals surface area (Å²) in [4.78, 5) is 12.5. The number of ketones is 1. The molecule has 0 radical (unpaired) electrons. The molecule has 0 aliphatic rings. The third kappa shape index (κ3) is 5.39. The maximum Gasteiger partial charge on any atom is 0.189 e. The molecule has 0 aliphatic heterocycles. The highest BCUT2D eigenvalue weighted by Gasteiger charge is 2.09. The summed E-state index contributed by atoms with van der Waals surface area (Å²) < 4.78 is 16.5. The van der Waals surface area contributed by atoms with Crippen LogP contribution in [0, 0.1) is 0 Å². The number of para-hydroxylation sites is 1. The number of carbonyl (C=O) groups is 1. The maximum atomic E-state index is 12.5. The van der Waals surface area contributed by atoms with Crippen LogP contribution in [0.3, 0.4) is 0 Å². The molecule has 0 heterocycles. The molecule has 0 saturated heterocycles. The molecule has 0 fully saturated rings. The second kappa shape index (κ2) is 9.80. The molecule has 4 nitrogen and oxygen atoms in total. The third-order valence-corrected chi connectivity index (χ3v) is 4.53. The highest BCUT2D eigenvalue weighted by Crippen LogP contribution is 2.25. The summed E-state index contributed by atoms with van der Waals surface area (Å²) in [6.07, 6.45) is 3.29. The molecule has 0 N–H and O–H groups in total. The number of carbonyl (C=O) groups excluding carboxylic acids is 1. The molecule has 0 atom stereocenters. The Labute approximate surface area is 175 Å². The Bertz CT molecular complexity index is 1030. The summed E-state index contributed by atoms with van der Waals surface area (Å²) in [6, 6.07) is 20.0. The van der Waals surface area contributed by atoms with Crippen LogP contribution in [0.2, 0.25) is 5.02 Å². The number of benzene rings is 3. The first-order valence-corrected chi connectivity index (χ1v) is 9.39. The van der Waals surface area contributed by atoms with Gasteiger partial charge in [0.25, 0.3) is 0 Å². The summed E-state index contributed by atoms with van der Waals surface area (Å²) >= 11 is 6.00. The largest absolute Gasteiger partial charge is 0.496 e. The first kappa shape index (κ1) is 20.5. The Morgan fingerprint density at radius 3 is 2.48 bits per heavy atom. The van der Waals surface area contributed by atoms with Crippen LogP contribution in [-0.2, 0) is 6.61 Å². The van der Waals surface area contributed by atoms with E-state index in [1.165, 1.54) is 6.08 Å². The molecule has 0 spiro atoms. The predicted molar refractivity (Wildman–Crippen MR) is 115 cm³/mol. The van der Waals surface area contributed by atoms with Gasteiger partial charge in [0.2, 0.25) is 0 Å². The third-order valence-electron chi connectivity index (χ3n) is 4.29. The van der Waals surface area contributed by atoms with E-state index in [1.807, 2.05) is 42.5 Å². The zero-order valence-corrected chi connectivity index (χ0v) is 17.0. The number of ether oxygens (including phenoxy) is 3. The minimum absolute atomic E-state index is 0.130. The molecule has 29 heavy (non-hydrogen) atoms. The van der Waals surface area contributed by atoms with Gasteiger partial charge in [-0.2, -0.15) is 0 Å². The summed E-state index contributed by atoms with van der Waals surface area (Å²) in [5.74, 6) is 1.80. The van der Waals surface area contributed by atoms with Gasteiger partial charge in [-0.1, -0.05) is 41.9 Å². The van der Waals surface area contributed by atoms with Crippen molar-refractivity contribution in [3.63, 3.8) is 0 Å². The van der Waals surface area contributed by atoms with E-state index in [1.54, 1.807) is 44.6 Å². The lowest BCUT2D eigenvalue weighted by Gasteiger charge is -2.11. The van der Waals surface area contributed by atoms with Crippen molar-refractivity contribution in [2.75, 3.05) is 14.2 Å². The smallest absolute Gasteiger partial charge is 0.189 e. The van der Waals surface area contributed by atoms with E-state index in [0.717, 1.165) is 11.1 Å². The van der Waals surface area contributed by atoms with Crippen molar-refractivity contribution in [3.8, 4) is 17.2 Å². The van der Waals surface area contributed by atoms with Crippen LogP contribution in [0.15, 0.2) is 72.8 Å². The van der Waals surface area contributed by atoms with Crippen molar-refractivity contribution in [2.24, 2.45) is 0 Å². The van der Waals surface area contributed by atoms with Gasteiger partial charge >= 0.3 is 0 Å². The number of allylic oxidation sites excluding steroid dienone is 1. The molecule has 0 amide bonds. The van der Waals surface area contributed by atoms with Crippen molar-refractivity contribution in [3.05, 3.63) is 94.5 Å². The standard InChI is InChI=1S/C24H21ClO4/c1-27-23-13-11-17(10-12-22(26)21-8-3-4-9-24(21)28-2)14-18(23)16-29-20-7-5-6-19(25)15-20/h3-15H,16H2,1-2H3/b12-10+. The van der Waals surface area contributed by atoms with E-state index in [2.05, 4.69) is 0 Å². The monoisotopic (exact) mass is 408 g/mol. The van der Waals surface area contributed by atoms with E-state index in [-0.39, 0.29) is 5.78 Å². The van der Waals surface area contributed by atoms with Crippen LogP contribution in [0.5, 0.6) is 17.2 Å². The Hall–Kier alpha value is -3.24. The van der Waals surface area contributed by atoms with Gasteiger partial charge in [-0.15, -0.1) is 0 Å². The van der Waals surface area contributed by atoms with Crippen molar-refractivity contribution < 1.29 is 19.0 Å². The Morgan fingerprint density at radius 1 is 0.931 bits per heavy atom. The van der Waals surface area contributed by atoms with E-state index in [9.17, 15) is 4.79 Å². The molecule has 3 rings (SSSR count). The lowest BCUT2D eigenvalue weighted by molar-refractivity contribution is 0.104. The minimum atomic E-state index is -0.130. The van der Waals surface area contributed by atoms with Gasteiger partial charge in [-0.3, -0.25) is 4.79 Å². The second-order valence-corrected chi connectivity index (χ2v) is 6.65. The Morgan fingerprint density at radius 2 is 1.72 bits per heavy atom. The predicted octanol–water partition coefficient (Wildman–Crippen LogP) is 5.83. The fourth-order valence-corrected chi connectivity index (χ4v) is 3.02. The SMILES string of the molecule is COc1ccc(/C=C/C(=O)c2ccccc2OC)cc1COc1cccc(Cl)c1. The molecule has 5 heteroatoms. The van der Waals surface area contributed by atoms with Gasteiger partial charge in [0.1, 0.15) is 23.9 Å². The highest BCUT2D eigenvalue weighted by molar-refractivity contribution is 6.30. The number of rotatable bonds is 8. The van der Waals surface area contributed by atoms with Crippen molar-refractivity contribution in [1.29, 1.82) is 0 Å². The topological polar surface area (TPSA) is 44.8 Å². The summed E-state index contributed by atoms with van der Waals surface area (Å²) in [5.41, 5.74) is 2.24. The fourth-order valence-electron chi connectivity index (χ4n) is 2.84. The summed E-state index contributed by atoms with van der Waals surface area (Å²) in [5, 5.41) is 0.612. The van der Waals surface area contributed by atoms with Gasteiger partial charge in [0, 0.05) is 10.6 Å². The molecule has 0 aliphatic carbocycles.